The van der Waals surface area contributed by atoms with E-state index in [1.54, 1.807) is 17.7 Å². The lowest BCUT2D eigenvalue weighted by Crippen LogP contribution is -2.33. The van der Waals surface area contributed by atoms with Crippen LogP contribution in [0, 0.1) is 5.82 Å². The largest absolute Gasteiger partial charge is 0.357 e. The minimum absolute atomic E-state index is 0.0597. The van der Waals surface area contributed by atoms with Crippen molar-refractivity contribution in [2.24, 2.45) is 7.05 Å². The van der Waals surface area contributed by atoms with Gasteiger partial charge in [-0.1, -0.05) is 18.2 Å². The fraction of sp³-hybridized carbons (Fsp3) is 0.227. The van der Waals surface area contributed by atoms with Gasteiger partial charge < -0.3 is 9.55 Å². The molecule has 0 radical (unpaired) electrons. The molecule has 2 aromatic carbocycles. The summed E-state index contributed by atoms with van der Waals surface area (Å²) in [5, 5.41) is 2.19. The van der Waals surface area contributed by atoms with Crippen molar-refractivity contribution in [1.82, 2.24) is 14.5 Å². The number of halogens is 1. The van der Waals surface area contributed by atoms with Gasteiger partial charge in [-0.3, -0.25) is 9.69 Å². The molecule has 0 saturated heterocycles. The summed E-state index contributed by atoms with van der Waals surface area (Å²) in [5.41, 5.74) is 5.12. The number of benzene rings is 2. The van der Waals surface area contributed by atoms with Crippen molar-refractivity contribution < 1.29 is 4.39 Å². The van der Waals surface area contributed by atoms with Crippen LogP contribution in [0.3, 0.4) is 0 Å². The maximum Gasteiger partial charge on any atom is 0.255 e. The van der Waals surface area contributed by atoms with Crippen molar-refractivity contribution in [2.75, 3.05) is 6.54 Å². The van der Waals surface area contributed by atoms with Crippen molar-refractivity contribution in [3.8, 4) is 0 Å². The molecule has 0 atom stereocenters. The van der Waals surface area contributed by atoms with Crippen LogP contribution < -0.4 is 5.56 Å². The van der Waals surface area contributed by atoms with E-state index in [1.807, 2.05) is 12.1 Å². The molecule has 5 heteroatoms. The third-order valence-corrected chi connectivity index (χ3v) is 5.62. The van der Waals surface area contributed by atoms with Gasteiger partial charge in [-0.05, 0) is 47.7 Å². The summed E-state index contributed by atoms with van der Waals surface area (Å²) in [4.78, 5) is 18.6. The van der Waals surface area contributed by atoms with Crippen LogP contribution in [-0.2, 0) is 26.6 Å². The molecule has 136 valence electrons. The first-order valence-electron chi connectivity index (χ1n) is 9.19. The van der Waals surface area contributed by atoms with Gasteiger partial charge in [0.25, 0.3) is 5.56 Å². The third-order valence-electron chi connectivity index (χ3n) is 5.62. The van der Waals surface area contributed by atoms with Crippen molar-refractivity contribution in [3.63, 3.8) is 0 Å². The molecule has 2 aromatic heterocycles. The number of H-pyrrole nitrogens is 1. The monoisotopic (exact) mass is 361 g/mol. The Hall–Kier alpha value is -2.92. The van der Waals surface area contributed by atoms with Gasteiger partial charge in [0, 0.05) is 48.8 Å². The highest BCUT2D eigenvalue weighted by molar-refractivity contribution is 5.85. The Balaban J connectivity index is 1.48. The van der Waals surface area contributed by atoms with Crippen LogP contribution in [-0.4, -0.2) is 21.0 Å². The molecule has 0 saturated carbocycles. The molecule has 1 aliphatic rings. The average molecular weight is 361 g/mol. The topological polar surface area (TPSA) is 41.0 Å². The number of aryl methyl sites for hydroxylation is 1. The van der Waals surface area contributed by atoms with Crippen LogP contribution in [0.4, 0.5) is 4.39 Å². The number of rotatable bonds is 2. The minimum atomic E-state index is -0.326. The van der Waals surface area contributed by atoms with E-state index in [0.717, 1.165) is 30.5 Å². The van der Waals surface area contributed by atoms with Gasteiger partial charge in [0.2, 0.25) is 0 Å². The number of aromatic nitrogens is 2. The molecule has 4 nitrogen and oxygen atoms in total. The Morgan fingerprint density at radius 3 is 2.89 bits per heavy atom. The second kappa shape index (κ2) is 6.06. The lowest BCUT2D eigenvalue weighted by Gasteiger charge is -2.27. The zero-order chi connectivity index (χ0) is 18.5. The number of hydrogen-bond donors (Lipinski definition) is 1. The molecule has 0 fully saturated rings. The number of aromatic amines is 1. The standard InChI is InChI=1S/C22H20FN3O/c1-25-21-11-16(23)7-6-14(21)10-15(22(25)27)12-26-9-8-18-17-4-2-3-5-19(17)24-20(18)13-26/h2-7,10-11,24H,8-9,12-13H2,1H3. The van der Waals surface area contributed by atoms with Crippen LogP contribution in [0.15, 0.2) is 53.3 Å². The number of fused-ring (bicyclic) bond motifs is 4. The highest BCUT2D eigenvalue weighted by atomic mass is 19.1. The number of hydrogen-bond acceptors (Lipinski definition) is 2. The predicted octanol–water partition coefficient (Wildman–Crippen LogP) is 3.72. The molecular weight excluding hydrogens is 341 g/mol. The number of nitrogens with zero attached hydrogens (tertiary/aromatic N) is 2. The molecule has 0 spiro atoms. The number of nitrogens with one attached hydrogen (secondary N) is 1. The molecule has 4 aromatic rings. The molecule has 1 aliphatic heterocycles. The van der Waals surface area contributed by atoms with Gasteiger partial charge in [-0.15, -0.1) is 0 Å². The molecule has 0 unspecified atom stereocenters. The minimum Gasteiger partial charge on any atom is -0.357 e. The summed E-state index contributed by atoms with van der Waals surface area (Å²) in [6.07, 6.45) is 0.971. The second-order valence-corrected chi connectivity index (χ2v) is 7.33. The third kappa shape index (κ3) is 2.66. The van der Waals surface area contributed by atoms with E-state index in [9.17, 15) is 9.18 Å². The van der Waals surface area contributed by atoms with Gasteiger partial charge >= 0.3 is 0 Å². The first-order valence-corrected chi connectivity index (χ1v) is 9.19. The smallest absolute Gasteiger partial charge is 0.255 e. The van der Waals surface area contributed by atoms with Gasteiger partial charge in [0.1, 0.15) is 5.82 Å². The first kappa shape index (κ1) is 16.3. The molecule has 0 amide bonds. The van der Waals surface area contributed by atoms with E-state index in [-0.39, 0.29) is 11.4 Å². The van der Waals surface area contributed by atoms with Crippen LogP contribution >= 0.6 is 0 Å². The van der Waals surface area contributed by atoms with Crippen LogP contribution in [0.5, 0.6) is 0 Å². The van der Waals surface area contributed by atoms with E-state index in [2.05, 4.69) is 28.1 Å². The van der Waals surface area contributed by atoms with Crippen molar-refractivity contribution >= 4 is 21.8 Å². The lowest BCUT2D eigenvalue weighted by atomic mass is 10.0. The molecule has 3 heterocycles. The average Bonchev–Trinajstić information content (AvgIpc) is 3.04. The fourth-order valence-electron chi connectivity index (χ4n) is 4.24. The van der Waals surface area contributed by atoms with E-state index in [0.29, 0.717) is 12.1 Å². The Morgan fingerprint density at radius 2 is 2.00 bits per heavy atom. The highest BCUT2D eigenvalue weighted by Gasteiger charge is 2.21. The summed E-state index contributed by atoms with van der Waals surface area (Å²) in [6, 6.07) is 14.9. The summed E-state index contributed by atoms with van der Waals surface area (Å²) >= 11 is 0. The Kier molecular flexibility index (Phi) is 3.65. The summed E-state index contributed by atoms with van der Waals surface area (Å²) in [6.45, 7) is 2.31. The van der Waals surface area contributed by atoms with Crippen molar-refractivity contribution in [2.45, 2.75) is 19.5 Å². The Bertz CT molecular complexity index is 1240. The predicted molar refractivity (Wildman–Crippen MR) is 105 cm³/mol. The zero-order valence-electron chi connectivity index (χ0n) is 15.1. The van der Waals surface area contributed by atoms with Gasteiger partial charge in [-0.2, -0.15) is 0 Å². The molecule has 5 rings (SSSR count). The lowest BCUT2D eigenvalue weighted by molar-refractivity contribution is 0.242. The molecular formula is C22H20FN3O. The fourth-order valence-corrected chi connectivity index (χ4v) is 4.24. The van der Waals surface area contributed by atoms with Crippen molar-refractivity contribution in [1.29, 1.82) is 0 Å². The molecule has 0 aliphatic carbocycles. The summed E-state index contributed by atoms with van der Waals surface area (Å²) in [7, 11) is 1.71. The number of pyridine rings is 1. The van der Waals surface area contributed by atoms with Crippen LogP contribution in [0.1, 0.15) is 16.8 Å². The van der Waals surface area contributed by atoms with Gasteiger partial charge in [0.05, 0.1) is 5.52 Å². The zero-order valence-corrected chi connectivity index (χ0v) is 15.1. The summed E-state index contributed by atoms with van der Waals surface area (Å²) in [5.74, 6) is -0.326. The number of para-hydroxylation sites is 1. The van der Waals surface area contributed by atoms with Crippen LogP contribution in [0.2, 0.25) is 0 Å². The van der Waals surface area contributed by atoms with E-state index >= 15 is 0 Å². The maximum absolute atomic E-state index is 13.5. The summed E-state index contributed by atoms with van der Waals surface area (Å²) < 4.78 is 15.1. The van der Waals surface area contributed by atoms with E-state index in [4.69, 9.17) is 0 Å². The molecule has 0 bridgehead atoms. The van der Waals surface area contributed by atoms with Crippen molar-refractivity contribution in [3.05, 3.63) is 81.5 Å². The van der Waals surface area contributed by atoms with Crippen LogP contribution in [0.25, 0.3) is 21.8 Å². The van der Waals surface area contributed by atoms with Gasteiger partial charge in [-0.25, -0.2) is 4.39 Å². The Morgan fingerprint density at radius 1 is 1.15 bits per heavy atom. The first-order chi connectivity index (χ1) is 13.1. The highest BCUT2D eigenvalue weighted by Crippen LogP contribution is 2.28. The molecule has 1 N–H and O–H groups in total. The Labute approximate surface area is 155 Å². The van der Waals surface area contributed by atoms with E-state index in [1.165, 1.54) is 34.3 Å². The normalized spacial score (nSPS) is 14.7. The van der Waals surface area contributed by atoms with Gasteiger partial charge in [0.15, 0.2) is 0 Å². The quantitative estimate of drug-likeness (QED) is 0.591. The SMILES string of the molecule is Cn1c(=O)c(CN2CCc3c([nH]c4ccccc34)C2)cc2ccc(F)cc21. The second-order valence-electron chi connectivity index (χ2n) is 7.33. The maximum atomic E-state index is 13.5. The molecule has 27 heavy (non-hydrogen) atoms. The van der Waals surface area contributed by atoms with E-state index < -0.39 is 0 Å².